The summed E-state index contributed by atoms with van der Waals surface area (Å²) in [6.07, 6.45) is 3.21. The zero-order valence-electron chi connectivity index (χ0n) is 10.6. The summed E-state index contributed by atoms with van der Waals surface area (Å²) in [5.41, 5.74) is 2.01. The lowest BCUT2D eigenvalue weighted by atomic mass is 10.3. The smallest absolute Gasteiger partial charge is 0.226 e. The summed E-state index contributed by atoms with van der Waals surface area (Å²) in [7, 11) is 1.75. The van der Waals surface area contributed by atoms with Gasteiger partial charge in [-0.25, -0.2) is 9.97 Å². The Morgan fingerprint density at radius 2 is 1.75 bits per heavy atom. The minimum absolute atomic E-state index is 0.481. The van der Waals surface area contributed by atoms with Gasteiger partial charge in [-0.2, -0.15) is 9.97 Å². The molecule has 6 nitrogen and oxygen atoms in total. The average Bonchev–Trinajstić information content (AvgIpc) is 2.49. The summed E-state index contributed by atoms with van der Waals surface area (Å²) in [6, 6.07) is 7.34. The van der Waals surface area contributed by atoms with E-state index >= 15 is 0 Å². The molecule has 3 aromatic rings. The number of aromatic nitrogens is 4. The Labute approximate surface area is 120 Å². The number of hydrogen-bond acceptors (Lipinski definition) is 6. The van der Waals surface area contributed by atoms with Gasteiger partial charge in [0.2, 0.25) is 5.95 Å². The third-order valence-electron chi connectivity index (χ3n) is 2.66. The largest absolute Gasteiger partial charge is 0.357 e. The van der Waals surface area contributed by atoms with Gasteiger partial charge in [-0.1, -0.05) is 11.6 Å². The van der Waals surface area contributed by atoms with Gasteiger partial charge in [0.25, 0.3) is 0 Å². The molecule has 0 aliphatic heterocycles. The minimum Gasteiger partial charge on any atom is -0.357 e. The highest BCUT2D eigenvalue weighted by Gasteiger charge is 2.09. The Hall–Kier alpha value is -2.47. The first kappa shape index (κ1) is 12.6. The van der Waals surface area contributed by atoms with E-state index in [2.05, 4.69) is 30.6 Å². The van der Waals surface area contributed by atoms with Gasteiger partial charge in [0.05, 0.1) is 0 Å². The summed E-state index contributed by atoms with van der Waals surface area (Å²) in [5.74, 6) is 1.07. The maximum Gasteiger partial charge on any atom is 0.226 e. The van der Waals surface area contributed by atoms with E-state index in [-0.39, 0.29) is 0 Å². The Morgan fingerprint density at radius 3 is 2.50 bits per heavy atom. The molecule has 0 spiro atoms. The number of rotatable bonds is 3. The zero-order chi connectivity index (χ0) is 13.9. The van der Waals surface area contributed by atoms with E-state index in [0.717, 1.165) is 5.69 Å². The molecular weight excluding hydrogens is 276 g/mol. The maximum atomic E-state index is 5.87. The van der Waals surface area contributed by atoms with Crippen LogP contribution in [-0.4, -0.2) is 27.0 Å². The van der Waals surface area contributed by atoms with Crippen LogP contribution in [-0.2, 0) is 0 Å². The van der Waals surface area contributed by atoms with E-state index in [1.807, 2.05) is 12.1 Å². The molecule has 0 saturated heterocycles. The second-order valence-corrected chi connectivity index (χ2v) is 4.44. The lowest BCUT2D eigenvalue weighted by molar-refractivity contribution is 1.14. The van der Waals surface area contributed by atoms with Crippen molar-refractivity contribution in [3.63, 3.8) is 0 Å². The SMILES string of the molecule is CNc1nc(Nc2ccc(Cl)cc2)c2nccnc2n1. The van der Waals surface area contributed by atoms with Crippen molar-refractivity contribution >= 4 is 40.2 Å². The number of hydrogen-bond donors (Lipinski definition) is 2. The van der Waals surface area contributed by atoms with Crippen LogP contribution < -0.4 is 10.6 Å². The monoisotopic (exact) mass is 286 g/mol. The molecule has 0 aliphatic carbocycles. The molecule has 0 aliphatic rings. The highest BCUT2D eigenvalue weighted by Crippen LogP contribution is 2.23. The van der Waals surface area contributed by atoms with Gasteiger partial charge in [0.15, 0.2) is 17.0 Å². The van der Waals surface area contributed by atoms with E-state index < -0.39 is 0 Å². The van der Waals surface area contributed by atoms with E-state index in [1.54, 1.807) is 31.6 Å². The molecule has 0 saturated carbocycles. The lowest BCUT2D eigenvalue weighted by Gasteiger charge is -2.09. The molecule has 2 aromatic heterocycles. The normalized spacial score (nSPS) is 10.5. The molecule has 0 atom stereocenters. The van der Waals surface area contributed by atoms with Crippen LogP contribution in [0.15, 0.2) is 36.7 Å². The van der Waals surface area contributed by atoms with E-state index in [4.69, 9.17) is 11.6 Å². The summed E-state index contributed by atoms with van der Waals surface area (Å²) < 4.78 is 0. The van der Waals surface area contributed by atoms with Crippen LogP contribution in [0, 0.1) is 0 Å². The van der Waals surface area contributed by atoms with Gasteiger partial charge in [0.1, 0.15) is 0 Å². The van der Waals surface area contributed by atoms with Gasteiger partial charge in [0, 0.05) is 30.2 Å². The number of anilines is 3. The number of nitrogens with one attached hydrogen (secondary N) is 2. The number of nitrogens with zero attached hydrogens (tertiary/aromatic N) is 4. The molecule has 7 heteroatoms. The molecule has 0 amide bonds. The van der Waals surface area contributed by atoms with Crippen LogP contribution >= 0.6 is 11.6 Å². The van der Waals surface area contributed by atoms with Crippen molar-refractivity contribution in [2.75, 3.05) is 17.7 Å². The molecule has 1 aromatic carbocycles. The first-order valence-electron chi connectivity index (χ1n) is 5.95. The Bertz CT molecular complexity index is 743. The summed E-state index contributed by atoms with van der Waals surface area (Å²) in [4.78, 5) is 17.1. The van der Waals surface area contributed by atoms with Crippen LogP contribution in [0.4, 0.5) is 17.5 Å². The predicted octanol–water partition coefficient (Wildman–Crippen LogP) is 2.86. The second kappa shape index (κ2) is 5.26. The van der Waals surface area contributed by atoms with Crippen LogP contribution in [0.5, 0.6) is 0 Å². The fourth-order valence-corrected chi connectivity index (χ4v) is 1.86. The molecule has 20 heavy (non-hydrogen) atoms. The van der Waals surface area contributed by atoms with Crippen molar-refractivity contribution in [2.45, 2.75) is 0 Å². The Morgan fingerprint density at radius 1 is 1.00 bits per heavy atom. The maximum absolute atomic E-state index is 5.87. The third-order valence-corrected chi connectivity index (χ3v) is 2.92. The molecule has 3 rings (SSSR count). The van der Waals surface area contributed by atoms with Crippen LogP contribution in [0.25, 0.3) is 11.2 Å². The molecular formula is C13H11ClN6. The topological polar surface area (TPSA) is 75.6 Å². The first-order valence-corrected chi connectivity index (χ1v) is 6.33. The van der Waals surface area contributed by atoms with Crippen molar-refractivity contribution in [2.24, 2.45) is 0 Å². The predicted molar refractivity (Wildman–Crippen MR) is 79.4 cm³/mol. The number of fused-ring (bicyclic) bond motifs is 1. The standard InChI is InChI=1S/C13H11ClN6/c1-15-13-19-11-10(16-6-7-17-11)12(20-13)18-9-4-2-8(14)3-5-9/h2-7H,1H3,(H2,15,17,18,19,20). The van der Waals surface area contributed by atoms with Gasteiger partial charge < -0.3 is 10.6 Å². The van der Waals surface area contributed by atoms with Crippen LogP contribution in [0.1, 0.15) is 0 Å². The number of halogens is 1. The van der Waals surface area contributed by atoms with Crippen molar-refractivity contribution < 1.29 is 0 Å². The molecule has 0 fully saturated rings. The van der Waals surface area contributed by atoms with Crippen LogP contribution in [0.3, 0.4) is 0 Å². The van der Waals surface area contributed by atoms with Crippen molar-refractivity contribution in [3.05, 3.63) is 41.7 Å². The molecule has 2 heterocycles. The fourth-order valence-electron chi connectivity index (χ4n) is 1.73. The van der Waals surface area contributed by atoms with Crippen molar-refractivity contribution in [1.82, 2.24) is 19.9 Å². The van der Waals surface area contributed by atoms with Gasteiger partial charge in [-0.05, 0) is 24.3 Å². The van der Waals surface area contributed by atoms with Crippen molar-refractivity contribution in [1.29, 1.82) is 0 Å². The lowest BCUT2D eigenvalue weighted by Crippen LogP contribution is -2.03. The Kier molecular flexibility index (Phi) is 3.30. The molecule has 0 unspecified atom stereocenters. The third kappa shape index (κ3) is 2.46. The molecule has 100 valence electrons. The highest BCUT2D eigenvalue weighted by molar-refractivity contribution is 6.30. The van der Waals surface area contributed by atoms with Crippen LogP contribution in [0.2, 0.25) is 5.02 Å². The fraction of sp³-hybridized carbons (Fsp3) is 0.0769. The van der Waals surface area contributed by atoms with Gasteiger partial charge >= 0.3 is 0 Å². The quantitative estimate of drug-likeness (QED) is 0.771. The van der Waals surface area contributed by atoms with E-state index in [9.17, 15) is 0 Å². The molecule has 0 radical (unpaired) electrons. The van der Waals surface area contributed by atoms with Gasteiger partial charge in [-0.3, -0.25) is 0 Å². The van der Waals surface area contributed by atoms with Crippen molar-refractivity contribution in [3.8, 4) is 0 Å². The zero-order valence-corrected chi connectivity index (χ0v) is 11.4. The molecule has 2 N–H and O–H groups in total. The van der Waals surface area contributed by atoms with Gasteiger partial charge in [-0.15, -0.1) is 0 Å². The number of benzene rings is 1. The van der Waals surface area contributed by atoms with E-state index in [1.165, 1.54) is 0 Å². The molecule has 0 bridgehead atoms. The second-order valence-electron chi connectivity index (χ2n) is 4.01. The van der Waals surface area contributed by atoms with E-state index in [0.29, 0.717) is 28.0 Å². The minimum atomic E-state index is 0.481. The average molecular weight is 287 g/mol. The highest BCUT2D eigenvalue weighted by atomic mass is 35.5. The summed E-state index contributed by atoms with van der Waals surface area (Å²) in [6.45, 7) is 0. The summed E-state index contributed by atoms with van der Waals surface area (Å²) >= 11 is 5.87. The summed E-state index contributed by atoms with van der Waals surface area (Å²) in [5, 5.41) is 6.78. The first-order chi connectivity index (χ1) is 9.76. The Balaban J connectivity index is 2.07.